The maximum absolute atomic E-state index is 13.5. The van der Waals surface area contributed by atoms with E-state index in [-0.39, 0.29) is 18.4 Å². The summed E-state index contributed by atoms with van der Waals surface area (Å²) >= 11 is 6.10. The summed E-state index contributed by atoms with van der Waals surface area (Å²) in [5.74, 6) is 0.860. The van der Waals surface area contributed by atoms with E-state index in [1.807, 2.05) is 40.1 Å². The Morgan fingerprint density at radius 3 is 2.34 bits per heavy atom. The molecule has 0 unspecified atom stereocenters. The Bertz CT molecular complexity index is 1040. The minimum atomic E-state index is -0.0552. The van der Waals surface area contributed by atoms with E-state index in [1.165, 1.54) is 31.2 Å². The lowest BCUT2D eigenvalue weighted by atomic mass is 10.0. The zero-order valence-corrected chi connectivity index (χ0v) is 23.5. The number of hydrogen-bond donors (Lipinski definition) is 0. The van der Waals surface area contributed by atoms with Crippen molar-refractivity contribution in [3.8, 4) is 0 Å². The second-order valence-electron chi connectivity index (χ2n) is 10.7. The van der Waals surface area contributed by atoms with Crippen molar-refractivity contribution >= 4 is 29.1 Å². The molecule has 1 aliphatic heterocycles. The molecular weight excluding hydrogens is 498 g/mol. The summed E-state index contributed by atoms with van der Waals surface area (Å²) in [6, 6.07) is 16.0. The van der Waals surface area contributed by atoms with Gasteiger partial charge in [0.05, 0.1) is 0 Å². The van der Waals surface area contributed by atoms with Gasteiger partial charge in [0.15, 0.2) is 0 Å². The Labute approximate surface area is 232 Å². The second-order valence-corrected chi connectivity index (χ2v) is 11.2. The molecule has 0 bridgehead atoms. The number of benzene rings is 2. The van der Waals surface area contributed by atoms with Crippen LogP contribution in [0, 0.1) is 5.92 Å². The highest BCUT2D eigenvalue weighted by Gasteiger charge is 2.24. The topological polar surface area (TPSA) is 53.1 Å². The van der Waals surface area contributed by atoms with E-state index >= 15 is 0 Å². The molecule has 2 aromatic carbocycles. The minimum Gasteiger partial charge on any atom is -0.375 e. The molecule has 0 aromatic heterocycles. The van der Waals surface area contributed by atoms with Gasteiger partial charge in [0.25, 0.3) is 5.91 Å². The van der Waals surface area contributed by atoms with Crippen molar-refractivity contribution in [3.63, 3.8) is 0 Å². The Morgan fingerprint density at radius 2 is 1.61 bits per heavy atom. The van der Waals surface area contributed by atoms with Crippen molar-refractivity contribution in [3.05, 3.63) is 64.7 Å². The van der Waals surface area contributed by atoms with Crippen LogP contribution in [0.5, 0.6) is 0 Å². The number of fused-ring (bicyclic) bond motifs is 1. The van der Waals surface area contributed by atoms with Crippen LogP contribution >= 0.6 is 11.6 Å². The van der Waals surface area contributed by atoms with E-state index in [1.54, 1.807) is 7.11 Å². The van der Waals surface area contributed by atoms with Crippen LogP contribution in [0.4, 0.5) is 5.69 Å². The van der Waals surface area contributed by atoms with Gasteiger partial charge >= 0.3 is 0 Å². The first kappa shape index (κ1) is 28.6. The molecule has 38 heavy (non-hydrogen) atoms. The van der Waals surface area contributed by atoms with Crippen LogP contribution in [0.2, 0.25) is 5.02 Å². The van der Waals surface area contributed by atoms with Crippen molar-refractivity contribution in [2.24, 2.45) is 5.92 Å². The summed E-state index contributed by atoms with van der Waals surface area (Å²) in [6.07, 6.45) is 8.46. The molecule has 4 rings (SSSR count). The number of para-hydroxylation sites is 1. The molecule has 0 spiro atoms. The molecule has 0 radical (unpaired) electrons. The minimum absolute atomic E-state index is 0.0346. The molecule has 1 heterocycles. The lowest BCUT2D eigenvalue weighted by molar-refractivity contribution is -0.132. The van der Waals surface area contributed by atoms with E-state index in [2.05, 4.69) is 23.1 Å². The van der Waals surface area contributed by atoms with Gasteiger partial charge in [-0.05, 0) is 54.5 Å². The quantitative estimate of drug-likeness (QED) is 0.438. The van der Waals surface area contributed by atoms with Gasteiger partial charge in [-0.2, -0.15) is 0 Å². The number of halogens is 1. The van der Waals surface area contributed by atoms with Gasteiger partial charge in [-0.25, -0.2) is 0 Å². The maximum Gasteiger partial charge on any atom is 0.252 e. The lowest BCUT2D eigenvalue weighted by Crippen LogP contribution is -2.40. The molecule has 0 atom stereocenters. The predicted molar refractivity (Wildman–Crippen MR) is 153 cm³/mol. The summed E-state index contributed by atoms with van der Waals surface area (Å²) in [5, 5.41) is 0.736. The fraction of sp³-hybridized carbons (Fsp3) is 0.548. The second kappa shape index (κ2) is 14.7. The van der Waals surface area contributed by atoms with Crippen LogP contribution < -0.4 is 4.90 Å². The average Bonchev–Trinajstić information content (AvgIpc) is 3.44. The zero-order valence-electron chi connectivity index (χ0n) is 22.7. The highest BCUT2D eigenvalue weighted by atomic mass is 35.5. The van der Waals surface area contributed by atoms with Crippen molar-refractivity contribution in [2.75, 3.05) is 44.8 Å². The van der Waals surface area contributed by atoms with Crippen LogP contribution in [-0.4, -0.2) is 61.5 Å². The molecule has 0 N–H and O–H groups in total. The number of hydrogen-bond acceptors (Lipinski definition) is 4. The van der Waals surface area contributed by atoms with Crippen molar-refractivity contribution in [1.29, 1.82) is 0 Å². The third-order valence-corrected chi connectivity index (χ3v) is 8.14. The molecule has 6 nitrogen and oxygen atoms in total. The monoisotopic (exact) mass is 539 g/mol. The largest absolute Gasteiger partial charge is 0.375 e. The van der Waals surface area contributed by atoms with Gasteiger partial charge in [-0.1, -0.05) is 67.6 Å². The highest BCUT2D eigenvalue weighted by molar-refractivity contribution is 6.30. The normalized spacial score (nSPS) is 18.1. The third-order valence-electron chi connectivity index (χ3n) is 7.88. The fourth-order valence-corrected chi connectivity index (χ4v) is 5.95. The van der Waals surface area contributed by atoms with Crippen LogP contribution in [0.15, 0.2) is 48.5 Å². The SMILES string of the molecule is COCC(=O)N1CCCN(Cc2ccc(Cl)cc2)CCCN(C(=O)CCC2CCCC2)Cc2ccccc21. The molecule has 2 aliphatic rings. The number of rotatable bonds is 7. The van der Waals surface area contributed by atoms with Gasteiger partial charge < -0.3 is 14.5 Å². The van der Waals surface area contributed by atoms with Gasteiger partial charge in [0.1, 0.15) is 6.61 Å². The fourth-order valence-electron chi connectivity index (χ4n) is 5.83. The average molecular weight is 540 g/mol. The summed E-state index contributed by atoms with van der Waals surface area (Å²) < 4.78 is 5.22. The van der Waals surface area contributed by atoms with Crippen molar-refractivity contribution < 1.29 is 14.3 Å². The van der Waals surface area contributed by atoms with E-state index in [0.717, 1.165) is 55.2 Å². The van der Waals surface area contributed by atoms with Gasteiger partial charge in [-0.3, -0.25) is 14.5 Å². The Hall–Kier alpha value is -2.41. The first-order valence-electron chi connectivity index (χ1n) is 14.2. The van der Waals surface area contributed by atoms with E-state index in [4.69, 9.17) is 16.3 Å². The van der Waals surface area contributed by atoms with E-state index in [0.29, 0.717) is 32.0 Å². The molecule has 2 aromatic rings. The molecule has 7 heteroatoms. The van der Waals surface area contributed by atoms with Gasteiger partial charge in [0, 0.05) is 63.5 Å². The van der Waals surface area contributed by atoms with E-state index in [9.17, 15) is 9.59 Å². The number of nitrogens with zero attached hydrogens (tertiary/aromatic N) is 3. The summed E-state index contributed by atoms with van der Waals surface area (Å²) in [4.78, 5) is 32.9. The number of ether oxygens (including phenoxy) is 1. The number of anilines is 1. The Morgan fingerprint density at radius 1 is 0.895 bits per heavy atom. The molecule has 2 amide bonds. The summed E-state index contributed by atoms with van der Waals surface area (Å²) in [5.41, 5.74) is 3.11. The Kier molecular flexibility index (Phi) is 11.0. The standard InChI is InChI=1S/C31H42ClN3O3/c1-38-24-31(37)35-21-7-19-33(22-26-12-15-28(32)16-13-26)18-6-20-34(23-27-10-4-5-11-29(27)35)30(36)17-14-25-8-2-3-9-25/h4-5,10-13,15-16,25H,2-3,6-9,14,17-24H2,1H3. The molecule has 1 aliphatic carbocycles. The first-order valence-corrected chi connectivity index (χ1v) is 14.5. The van der Waals surface area contributed by atoms with Gasteiger partial charge in [0.2, 0.25) is 5.91 Å². The van der Waals surface area contributed by atoms with Crippen molar-refractivity contribution in [1.82, 2.24) is 9.80 Å². The van der Waals surface area contributed by atoms with Crippen molar-refractivity contribution in [2.45, 2.75) is 64.5 Å². The predicted octanol–water partition coefficient (Wildman–Crippen LogP) is 5.91. The van der Waals surface area contributed by atoms with Crippen LogP contribution in [0.25, 0.3) is 0 Å². The number of amides is 2. The Balaban J connectivity index is 1.55. The number of methoxy groups -OCH3 is 1. The summed E-state index contributed by atoms with van der Waals surface area (Å²) in [7, 11) is 1.55. The van der Waals surface area contributed by atoms with Crippen LogP contribution in [-0.2, 0) is 27.4 Å². The molecule has 0 saturated heterocycles. The van der Waals surface area contributed by atoms with Crippen LogP contribution in [0.3, 0.4) is 0 Å². The van der Waals surface area contributed by atoms with Gasteiger partial charge in [-0.15, -0.1) is 0 Å². The lowest BCUT2D eigenvalue weighted by Gasteiger charge is -2.32. The third kappa shape index (κ3) is 8.29. The summed E-state index contributed by atoms with van der Waals surface area (Å²) in [6.45, 7) is 4.43. The molecule has 1 fully saturated rings. The maximum atomic E-state index is 13.5. The van der Waals surface area contributed by atoms with Crippen LogP contribution in [0.1, 0.15) is 62.5 Å². The molecule has 206 valence electrons. The number of carbonyl (C=O) groups excluding carboxylic acids is 2. The molecular formula is C31H42ClN3O3. The van der Waals surface area contributed by atoms with E-state index < -0.39 is 0 Å². The smallest absolute Gasteiger partial charge is 0.252 e. The highest BCUT2D eigenvalue weighted by Crippen LogP contribution is 2.29. The molecule has 1 saturated carbocycles. The number of carbonyl (C=O) groups is 2. The zero-order chi connectivity index (χ0) is 26.7. The first-order chi connectivity index (χ1) is 18.5.